The molecule has 4 aromatic rings. The summed E-state index contributed by atoms with van der Waals surface area (Å²) in [7, 11) is 0. The number of carbonyl (C=O) groups is 1. The van der Waals surface area contributed by atoms with Crippen LogP contribution in [0.15, 0.2) is 79.4 Å². The van der Waals surface area contributed by atoms with Crippen molar-refractivity contribution < 1.29 is 19.0 Å². The first-order valence-corrected chi connectivity index (χ1v) is 11.7. The fourth-order valence-corrected chi connectivity index (χ4v) is 4.08. The minimum absolute atomic E-state index is 0.0679. The van der Waals surface area contributed by atoms with Gasteiger partial charge in [-0.15, -0.1) is 0 Å². The SMILES string of the molecule is Cc1ccc(C(O)(COc2ccc(C(=O)/C=C/c3ccc(Cl)cc3Cl)cc2)Cn2cncn2)c(F)c1. The monoisotopic (exact) mass is 525 g/mol. The topological polar surface area (TPSA) is 77.2 Å². The summed E-state index contributed by atoms with van der Waals surface area (Å²) in [6, 6.07) is 16.1. The average molecular weight is 526 g/mol. The van der Waals surface area contributed by atoms with E-state index in [4.69, 9.17) is 27.9 Å². The van der Waals surface area contributed by atoms with Crippen molar-refractivity contribution in [2.24, 2.45) is 0 Å². The van der Waals surface area contributed by atoms with E-state index in [0.717, 1.165) is 5.56 Å². The van der Waals surface area contributed by atoms with Gasteiger partial charge in [-0.3, -0.25) is 4.79 Å². The molecule has 1 heterocycles. The molecule has 0 amide bonds. The second kappa shape index (κ2) is 11.0. The number of nitrogens with zero attached hydrogens (tertiary/aromatic N) is 3. The normalized spacial score (nSPS) is 13.0. The Morgan fingerprint density at radius 1 is 1.14 bits per heavy atom. The van der Waals surface area contributed by atoms with Gasteiger partial charge in [0, 0.05) is 21.2 Å². The van der Waals surface area contributed by atoms with Crippen molar-refractivity contribution in [2.45, 2.75) is 19.1 Å². The lowest BCUT2D eigenvalue weighted by atomic mass is 9.93. The first-order chi connectivity index (χ1) is 17.2. The first-order valence-electron chi connectivity index (χ1n) is 11.0. The van der Waals surface area contributed by atoms with Crippen LogP contribution in [0.3, 0.4) is 0 Å². The number of halogens is 3. The molecule has 0 aliphatic carbocycles. The third kappa shape index (κ3) is 6.18. The molecule has 3 aromatic carbocycles. The van der Waals surface area contributed by atoms with Gasteiger partial charge in [0.05, 0.1) is 6.54 Å². The van der Waals surface area contributed by atoms with Crippen molar-refractivity contribution in [3.8, 4) is 5.75 Å². The van der Waals surface area contributed by atoms with Crippen LogP contribution in [0, 0.1) is 12.7 Å². The van der Waals surface area contributed by atoms with Gasteiger partial charge in [-0.25, -0.2) is 14.1 Å². The van der Waals surface area contributed by atoms with E-state index in [9.17, 15) is 14.3 Å². The molecule has 36 heavy (non-hydrogen) atoms. The van der Waals surface area contributed by atoms with E-state index in [1.54, 1.807) is 61.5 Å². The van der Waals surface area contributed by atoms with Gasteiger partial charge in [-0.2, -0.15) is 5.10 Å². The van der Waals surface area contributed by atoms with E-state index in [0.29, 0.717) is 26.9 Å². The molecule has 184 valence electrons. The number of aryl methyl sites for hydroxylation is 1. The average Bonchev–Trinajstić information content (AvgIpc) is 3.35. The molecule has 0 saturated carbocycles. The Morgan fingerprint density at radius 3 is 2.58 bits per heavy atom. The molecule has 1 atom stereocenters. The number of allylic oxidation sites excluding steroid dienone is 1. The van der Waals surface area contributed by atoms with Gasteiger partial charge in [-0.05, 0) is 72.7 Å². The number of benzene rings is 3. The molecular formula is C27H22Cl2FN3O3. The second-order valence-electron chi connectivity index (χ2n) is 8.28. The number of ketones is 1. The summed E-state index contributed by atoms with van der Waals surface area (Å²) in [5, 5.41) is 16.4. The summed E-state index contributed by atoms with van der Waals surface area (Å²) in [5.41, 5.74) is 0.199. The van der Waals surface area contributed by atoms with Gasteiger partial charge in [0.2, 0.25) is 0 Å². The quantitative estimate of drug-likeness (QED) is 0.217. The van der Waals surface area contributed by atoms with Crippen molar-refractivity contribution >= 4 is 35.1 Å². The highest BCUT2D eigenvalue weighted by atomic mass is 35.5. The van der Waals surface area contributed by atoms with Crippen LogP contribution in [0.25, 0.3) is 6.08 Å². The van der Waals surface area contributed by atoms with Crippen LogP contribution < -0.4 is 4.74 Å². The molecule has 0 aliphatic heterocycles. The number of aromatic nitrogens is 3. The molecular weight excluding hydrogens is 504 g/mol. The molecule has 6 nitrogen and oxygen atoms in total. The number of aliphatic hydroxyl groups is 1. The lowest BCUT2D eigenvalue weighted by Crippen LogP contribution is -2.39. The molecule has 1 unspecified atom stereocenters. The van der Waals surface area contributed by atoms with Crippen molar-refractivity contribution in [3.63, 3.8) is 0 Å². The maximum Gasteiger partial charge on any atom is 0.185 e. The lowest BCUT2D eigenvalue weighted by molar-refractivity contribution is -0.0297. The minimum atomic E-state index is -1.72. The van der Waals surface area contributed by atoms with Crippen LogP contribution in [0.2, 0.25) is 10.0 Å². The number of ether oxygens (including phenoxy) is 1. The fraction of sp³-hybridized carbons (Fsp3) is 0.148. The van der Waals surface area contributed by atoms with E-state index in [-0.39, 0.29) is 24.5 Å². The Morgan fingerprint density at radius 2 is 1.92 bits per heavy atom. The van der Waals surface area contributed by atoms with Gasteiger partial charge in [0.1, 0.15) is 36.4 Å². The smallest absolute Gasteiger partial charge is 0.185 e. The molecule has 0 saturated heterocycles. The van der Waals surface area contributed by atoms with E-state index >= 15 is 0 Å². The van der Waals surface area contributed by atoms with Gasteiger partial charge >= 0.3 is 0 Å². The Labute approximate surface area is 217 Å². The maximum atomic E-state index is 14.8. The van der Waals surface area contributed by atoms with Gasteiger partial charge < -0.3 is 9.84 Å². The molecule has 0 bridgehead atoms. The van der Waals surface area contributed by atoms with Gasteiger partial charge in [-0.1, -0.05) is 41.4 Å². The Balaban J connectivity index is 1.47. The highest BCUT2D eigenvalue weighted by molar-refractivity contribution is 6.35. The van der Waals surface area contributed by atoms with Gasteiger partial charge in [0.15, 0.2) is 5.78 Å². The molecule has 9 heteroatoms. The summed E-state index contributed by atoms with van der Waals surface area (Å²) >= 11 is 12.0. The highest BCUT2D eigenvalue weighted by Gasteiger charge is 2.34. The molecule has 1 aromatic heterocycles. The number of hydrogen-bond acceptors (Lipinski definition) is 5. The van der Waals surface area contributed by atoms with Crippen molar-refractivity contribution in [1.29, 1.82) is 0 Å². The van der Waals surface area contributed by atoms with Crippen molar-refractivity contribution in [1.82, 2.24) is 14.8 Å². The molecule has 0 fully saturated rings. The summed E-state index contributed by atoms with van der Waals surface area (Å²) in [6.07, 6.45) is 5.80. The van der Waals surface area contributed by atoms with E-state index in [1.807, 2.05) is 0 Å². The summed E-state index contributed by atoms with van der Waals surface area (Å²) in [4.78, 5) is 16.4. The Hall–Kier alpha value is -3.52. The lowest BCUT2D eigenvalue weighted by Gasteiger charge is -2.29. The largest absolute Gasteiger partial charge is 0.490 e. The zero-order chi connectivity index (χ0) is 25.7. The fourth-order valence-electron chi connectivity index (χ4n) is 3.60. The predicted octanol–water partition coefficient (Wildman–Crippen LogP) is 5.90. The van der Waals surface area contributed by atoms with Crippen LogP contribution in [0.4, 0.5) is 4.39 Å². The van der Waals surface area contributed by atoms with Crippen molar-refractivity contribution in [2.75, 3.05) is 6.61 Å². The van der Waals surface area contributed by atoms with Crippen LogP contribution in [-0.4, -0.2) is 32.3 Å². The third-order valence-electron chi connectivity index (χ3n) is 5.51. The summed E-state index contributed by atoms with van der Waals surface area (Å²) in [6.45, 7) is 1.44. The van der Waals surface area contributed by atoms with E-state index < -0.39 is 11.4 Å². The molecule has 0 spiro atoms. The van der Waals surface area contributed by atoms with E-state index in [1.165, 1.54) is 35.5 Å². The molecule has 0 radical (unpaired) electrons. The van der Waals surface area contributed by atoms with Crippen LogP contribution in [0.5, 0.6) is 5.75 Å². The zero-order valence-corrected chi connectivity index (χ0v) is 20.7. The first kappa shape index (κ1) is 25.6. The molecule has 1 N–H and O–H groups in total. The van der Waals surface area contributed by atoms with Crippen LogP contribution >= 0.6 is 23.2 Å². The van der Waals surface area contributed by atoms with Crippen LogP contribution in [-0.2, 0) is 12.1 Å². The van der Waals surface area contributed by atoms with Crippen molar-refractivity contribution in [3.05, 3.63) is 118 Å². The van der Waals surface area contributed by atoms with Gasteiger partial charge in [0.25, 0.3) is 0 Å². The Bertz CT molecular complexity index is 1390. The standard InChI is InChI=1S/C27H22Cl2FN3O3/c1-18-2-10-23(25(30)12-18)27(35,14-33-17-31-16-32-33)15-36-22-8-4-20(5-9-22)26(34)11-6-19-3-7-21(28)13-24(19)29/h2-13,16-17,35H,14-15H2,1H3/b11-6+. The second-order valence-corrected chi connectivity index (χ2v) is 9.13. The Kier molecular flexibility index (Phi) is 7.84. The van der Waals surface area contributed by atoms with Crippen LogP contribution in [0.1, 0.15) is 27.0 Å². The number of carbonyl (C=O) groups excluding carboxylic acids is 1. The third-order valence-corrected chi connectivity index (χ3v) is 6.07. The molecule has 4 rings (SSSR count). The van der Waals surface area contributed by atoms with E-state index in [2.05, 4.69) is 10.1 Å². The highest BCUT2D eigenvalue weighted by Crippen LogP contribution is 2.28. The maximum absolute atomic E-state index is 14.8. The zero-order valence-electron chi connectivity index (χ0n) is 19.2. The summed E-state index contributed by atoms with van der Waals surface area (Å²) in [5.74, 6) is -0.368. The minimum Gasteiger partial charge on any atom is -0.490 e. The summed E-state index contributed by atoms with van der Waals surface area (Å²) < 4.78 is 22.0. The molecule has 0 aliphatic rings. The number of hydrogen-bond donors (Lipinski definition) is 1. The predicted molar refractivity (Wildman–Crippen MR) is 137 cm³/mol. The number of rotatable bonds is 9.